The van der Waals surface area contributed by atoms with E-state index in [9.17, 15) is 4.79 Å². The Hall–Kier alpha value is -1.14. The van der Waals surface area contributed by atoms with Gasteiger partial charge in [-0.2, -0.15) is 0 Å². The molecule has 0 bridgehead atoms. The van der Waals surface area contributed by atoms with E-state index < -0.39 is 5.91 Å². The summed E-state index contributed by atoms with van der Waals surface area (Å²) in [4.78, 5) is 13.5. The number of hydrogen-bond donors (Lipinski definition) is 2. The van der Waals surface area contributed by atoms with E-state index >= 15 is 0 Å². The topological polar surface area (TPSA) is 73.0 Å². The lowest BCUT2D eigenvalue weighted by Crippen LogP contribution is -2.22. The zero-order valence-electron chi connectivity index (χ0n) is 10.4. The fourth-order valence-corrected chi connectivity index (χ4v) is 1.82. The van der Waals surface area contributed by atoms with Crippen LogP contribution >= 0.6 is 12.2 Å². The Morgan fingerprint density at radius 1 is 1.59 bits per heavy atom. The lowest BCUT2D eigenvalue weighted by atomic mass is 9.93. The van der Waals surface area contributed by atoms with Crippen molar-refractivity contribution in [3.8, 4) is 0 Å². The molecule has 0 aliphatic heterocycles. The Balaban J connectivity index is 2.67. The molecule has 0 atom stereocenters. The number of ether oxygens (including phenoxy) is 1. The quantitative estimate of drug-likeness (QED) is 0.617. The van der Waals surface area contributed by atoms with E-state index in [1.54, 1.807) is 0 Å². The fourth-order valence-electron chi connectivity index (χ4n) is 1.57. The highest BCUT2D eigenvalue weighted by Gasteiger charge is 2.18. The van der Waals surface area contributed by atoms with Crippen molar-refractivity contribution in [3.05, 3.63) is 16.7 Å². The van der Waals surface area contributed by atoms with Crippen LogP contribution in [-0.4, -0.2) is 28.7 Å². The summed E-state index contributed by atoms with van der Waals surface area (Å²) in [6.45, 7) is 7.33. The van der Waals surface area contributed by atoms with E-state index in [1.165, 1.54) is 0 Å². The predicted octanol–water partition coefficient (Wildman–Crippen LogP) is 1.35. The molecular formula is C11H19N3O2S. The molecule has 0 unspecified atom stereocenters. The molecular weight excluding hydrogens is 238 g/mol. The van der Waals surface area contributed by atoms with Gasteiger partial charge in [0, 0.05) is 23.9 Å². The normalized spacial score (nSPS) is 11.7. The molecule has 1 heterocycles. The molecule has 96 valence electrons. The lowest BCUT2D eigenvalue weighted by molar-refractivity contribution is -0.122. The number of nitrogens with two attached hydrogens (primary N) is 1. The van der Waals surface area contributed by atoms with Crippen LogP contribution in [0, 0.1) is 4.77 Å². The average Bonchev–Trinajstić information content (AvgIpc) is 2.54. The Morgan fingerprint density at radius 2 is 2.24 bits per heavy atom. The number of rotatable bonds is 5. The molecule has 0 aliphatic carbocycles. The fraction of sp³-hybridized carbons (Fsp3) is 0.636. The largest absolute Gasteiger partial charge is 0.370 e. The molecule has 5 nitrogen and oxygen atoms in total. The highest BCUT2D eigenvalue weighted by Crippen LogP contribution is 2.22. The second kappa shape index (κ2) is 5.46. The van der Waals surface area contributed by atoms with Crippen molar-refractivity contribution >= 4 is 18.1 Å². The number of carbonyl (C=O) groups excluding carboxylic acids is 1. The summed E-state index contributed by atoms with van der Waals surface area (Å²) in [7, 11) is 0. The van der Waals surface area contributed by atoms with E-state index in [0.29, 0.717) is 17.9 Å². The Labute approximate surface area is 106 Å². The maximum absolute atomic E-state index is 10.5. The average molecular weight is 257 g/mol. The summed E-state index contributed by atoms with van der Waals surface area (Å²) >= 11 is 5.20. The van der Waals surface area contributed by atoms with Crippen LogP contribution in [0.25, 0.3) is 0 Å². The molecule has 1 aromatic heterocycles. The van der Waals surface area contributed by atoms with Crippen molar-refractivity contribution in [2.75, 3.05) is 13.2 Å². The third-order valence-electron chi connectivity index (χ3n) is 2.34. The minimum Gasteiger partial charge on any atom is -0.370 e. The van der Waals surface area contributed by atoms with Gasteiger partial charge in [-0.25, -0.2) is 0 Å². The van der Waals surface area contributed by atoms with Gasteiger partial charge in [0.2, 0.25) is 5.91 Å². The number of amides is 1. The van der Waals surface area contributed by atoms with Crippen LogP contribution in [0.3, 0.4) is 0 Å². The van der Waals surface area contributed by atoms with E-state index in [4.69, 9.17) is 22.7 Å². The number of aromatic amines is 1. The monoisotopic (exact) mass is 257 g/mol. The molecule has 0 radical (unpaired) electrons. The molecule has 17 heavy (non-hydrogen) atoms. The van der Waals surface area contributed by atoms with Crippen molar-refractivity contribution in [3.63, 3.8) is 0 Å². The minimum absolute atomic E-state index is 0.0112. The van der Waals surface area contributed by atoms with Crippen molar-refractivity contribution in [2.45, 2.75) is 32.7 Å². The van der Waals surface area contributed by atoms with Crippen LogP contribution in [0.1, 0.15) is 26.5 Å². The Kier molecular flexibility index (Phi) is 4.47. The van der Waals surface area contributed by atoms with Gasteiger partial charge in [-0.15, -0.1) is 0 Å². The van der Waals surface area contributed by atoms with Gasteiger partial charge in [0.15, 0.2) is 4.77 Å². The van der Waals surface area contributed by atoms with Crippen LogP contribution in [0.4, 0.5) is 0 Å². The summed E-state index contributed by atoms with van der Waals surface area (Å²) in [6.07, 6.45) is 1.91. The van der Waals surface area contributed by atoms with Crippen molar-refractivity contribution < 1.29 is 9.53 Å². The van der Waals surface area contributed by atoms with E-state index in [-0.39, 0.29) is 12.0 Å². The zero-order valence-corrected chi connectivity index (χ0v) is 11.3. The van der Waals surface area contributed by atoms with Crippen LogP contribution in [0.5, 0.6) is 0 Å². The van der Waals surface area contributed by atoms with Crippen molar-refractivity contribution in [1.29, 1.82) is 0 Å². The number of nitrogens with one attached hydrogen (secondary N) is 1. The van der Waals surface area contributed by atoms with Gasteiger partial charge in [-0.1, -0.05) is 20.8 Å². The molecule has 1 aromatic rings. The first-order valence-corrected chi connectivity index (χ1v) is 5.88. The van der Waals surface area contributed by atoms with Crippen LogP contribution < -0.4 is 5.73 Å². The summed E-state index contributed by atoms with van der Waals surface area (Å²) in [6, 6.07) is 0. The minimum atomic E-state index is -0.460. The van der Waals surface area contributed by atoms with Crippen LogP contribution in [-0.2, 0) is 21.5 Å². The lowest BCUT2D eigenvalue weighted by Gasteiger charge is -2.20. The number of carbonyl (C=O) groups is 1. The molecule has 1 amide bonds. The van der Waals surface area contributed by atoms with Gasteiger partial charge in [0.1, 0.15) is 6.61 Å². The SMILES string of the molecule is CC(C)(C)c1c[nH]c(=S)n1CCOCC(N)=O. The van der Waals surface area contributed by atoms with E-state index in [2.05, 4.69) is 25.8 Å². The van der Waals surface area contributed by atoms with Crippen molar-refractivity contribution in [1.82, 2.24) is 9.55 Å². The number of H-pyrrole nitrogens is 1. The van der Waals surface area contributed by atoms with Gasteiger partial charge in [-0.05, 0) is 12.2 Å². The maximum atomic E-state index is 10.5. The number of nitrogens with zero attached hydrogens (tertiary/aromatic N) is 1. The number of imidazole rings is 1. The number of primary amides is 1. The third-order valence-corrected chi connectivity index (χ3v) is 2.68. The smallest absolute Gasteiger partial charge is 0.243 e. The van der Waals surface area contributed by atoms with Gasteiger partial charge in [0.05, 0.1) is 6.61 Å². The molecule has 1 rings (SSSR count). The summed E-state index contributed by atoms with van der Waals surface area (Å²) in [5.41, 5.74) is 6.11. The third kappa shape index (κ3) is 3.98. The Bertz CT molecular complexity index is 442. The molecule has 0 aliphatic rings. The molecule has 0 fully saturated rings. The first-order valence-electron chi connectivity index (χ1n) is 5.47. The number of hydrogen-bond acceptors (Lipinski definition) is 3. The van der Waals surface area contributed by atoms with E-state index in [0.717, 1.165) is 5.69 Å². The zero-order chi connectivity index (χ0) is 13.1. The standard InChI is InChI=1S/C11H19N3O2S/c1-11(2,3)8-6-13-10(17)14(8)4-5-16-7-9(12)15/h6H,4-5,7H2,1-3H3,(H2,12,15)(H,13,17). The maximum Gasteiger partial charge on any atom is 0.243 e. The molecule has 0 saturated carbocycles. The summed E-state index contributed by atoms with van der Waals surface area (Å²) < 4.78 is 7.78. The van der Waals surface area contributed by atoms with Crippen LogP contribution in [0.2, 0.25) is 0 Å². The van der Waals surface area contributed by atoms with Crippen LogP contribution in [0.15, 0.2) is 6.20 Å². The second-order valence-electron chi connectivity index (χ2n) is 4.90. The molecule has 3 N–H and O–H groups in total. The highest BCUT2D eigenvalue weighted by molar-refractivity contribution is 7.71. The summed E-state index contributed by atoms with van der Waals surface area (Å²) in [5, 5.41) is 0. The second-order valence-corrected chi connectivity index (χ2v) is 5.29. The molecule has 6 heteroatoms. The first kappa shape index (κ1) is 13.9. The Morgan fingerprint density at radius 3 is 2.76 bits per heavy atom. The van der Waals surface area contributed by atoms with Gasteiger partial charge >= 0.3 is 0 Å². The van der Waals surface area contributed by atoms with Gasteiger partial charge in [0.25, 0.3) is 0 Å². The predicted molar refractivity (Wildman–Crippen MR) is 68.3 cm³/mol. The molecule has 0 spiro atoms. The van der Waals surface area contributed by atoms with Gasteiger partial charge in [-0.3, -0.25) is 4.79 Å². The summed E-state index contributed by atoms with van der Waals surface area (Å²) in [5.74, 6) is -0.460. The highest BCUT2D eigenvalue weighted by atomic mass is 32.1. The molecule has 0 saturated heterocycles. The van der Waals surface area contributed by atoms with E-state index in [1.807, 2.05) is 10.8 Å². The van der Waals surface area contributed by atoms with Crippen molar-refractivity contribution in [2.24, 2.45) is 5.73 Å². The van der Waals surface area contributed by atoms with Gasteiger partial charge < -0.3 is 20.0 Å². The number of aromatic nitrogens is 2. The molecule has 0 aromatic carbocycles. The first-order chi connectivity index (χ1) is 7.82.